The van der Waals surface area contributed by atoms with Crippen molar-refractivity contribution in [2.45, 2.75) is 50.9 Å². The van der Waals surface area contributed by atoms with Crippen LogP contribution in [0.4, 0.5) is 18.9 Å². The molecule has 0 aliphatic carbocycles. The van der Waals surface area contributed by atoms with Gasteiger partial charge in [0.05, 0.1) is 17.2 Å². The van der Waals surface area contributed by atoms with Crippen molar-refractivity contribution in [3.8, 4) is 6.07 Å². The topological polar surface area (TPSA) is 30.3 Å². The van der Waals surface area contributed by atoms with Gasteiger partial charge in [-0.25, -0.2) is 0 Å². The number of benzene rings is 1. The number of rotatable bonds is 2. The molecule has 0 aromatic heterocycles. The zero-order valence-electron chi connectivity index (χ0n) is 13.8. The Morgan fingerprint density at radius 2 is 1.83 bits per heavy atom. The fraction of sp³-hybridized carbons (Fsp3) is 0.611. The SMILES string of the molecule is CC1CCCN1C1CCN(c2ccc(C#N)c(C(F)(F)F)c2)CC1. The maximum absolute atomic E-state index is 13.1. The van der Waals surface area contributed by atoms with Gasteiger partial charge < -0.3 is 4.90 Å². The molecule has 2 saturated heterocycles. The molecular formula is C18H22F3N3. The lowest BCUT2D eigenvalue weighted by molar-refractivity contribution is -0.137. The molecule has 3 rings (SSSR count). The van der Waals surface area contributed by atoms with E-state index in [1.54, 1.807) is 12.1 Å². The fourth-order valence-electron chi connectivity index (χ4n) is 4.01. The third-order valence-corrected chi connectivity index (χ3v) is 5.33. The van der Waals surface area contributed by atoms with Crippen molar-refractivity contribution in [2.24, 2.45) is 0 Å². The Labute approximate surface area is 140 Å². The Hall–Kier alpha value is -1.74. The van der Waals surface area contributed by atoms with Crippen LogP contribution in [0.5, 0.6) is 0 Å². The highest BCUT2D eigenvalue weighted by Crippen LogP contribution is 2.35. The predicted octanol–water partition coefficient (Wildman–Crippen LogP) is 4.03. The Bertz CT molecular complexity index is 627. The Kier molecular flexibility index (Phi) is 4.73. The molecule has 3 nitrogen and oxygen atoms in total. The molecular weight excluding hydrogens is 315 g/mol. The molecule has 1 aromatic rings. The first-order valence-electron chi connectivity index (χ1n) is 8.52. The van der Waals surface area contributed by atoms with E-state index in [-0.39, 0.29) is 5.56 Å². The Morgan fingerprint density at radius 1 is 1.12 bits per heavy atom. The van der Waals surface area contributed by atoms with Gasteiger partial charge in [-0.1, -0.05) is 0 Å². The zero-order chi connectivity index (χ0) is 17.3. The maximum atomic E-state index is 13.1. The first-order valence-corrected chi connectivity index (χ1v) is 8.52. The summed E-state index contributed by atoms with van der Waals surface area (Å²) in [5.74, 6) is 0. The second-order valence-corrected chi connectivity index (χ2v) is 6.79. The van der Waals surface area contributed by atoms with Gasteiger partial charge in [0, 0.05) is 30.9 Å². The Balaban J connectivity index is 1.71. The molecule has 2 heterocycles. The van der Waals surface area contributed by atoms with Crippen LogP contribution in [0.3, 0.4) is 0 Å². The van der Waals surface area contributed by atoms with Crippen molar-refractivity contribution in [3.63, 3.8) is 0 Å². The van der Waals surface area contributed by atoms with Gasteiger partial charge in [-0.2, -0.15) is 18.4 Å². The summed E-state index contributed by atoms with van der Waals surface area (Å²) in [6.45, 7) is 4.92. The van der Waals surface area contributed by atoms with E-state index in [1.165, 1.54) is 18.9 Å². The van der Waals surface area contributed by atoms with Crippen molar-refractivity contribution in [3.05, 3.63) is 29.3 Å². The summed E-state index contributed by atoms with van der Waals surface area (Å²) in [5, 5.41) is 8.89. The smallest absolute Gasteiger partial charge is 0.371 e. The molecule has 0 amide bonds. The summed E-state index contributed by atoms with van der Waals surface area (Å²) in [7, 11) is 0. The lowest BCUT2D eigenvalue weighted by atomic mass is 10.0. The predicted molar refractivity (Wildman–Crippen MR) is 86.8 cm³/mol. The number of likely N-dealkylation sites (tertiary alicyclic amines) is 1. The molecule has 2 fully saturated rings. The van der Waals surface area contributed by atoms with Gasteiger partial charge in [0.15, 0.2) is 0 Å². The van der Waals surface area contributed by atoms with E-state index in [0.717, 1.165) is 38.5 Å². The standard InChI is InChI=1S/C18H22F3N3/c1-13-3-2-8-24(13)15-6-9-23(10-7-15)16-5-4-14(12-22)17(11-16)18(19,20)21/h4-5,11,13,15H,2-3,6-10H2,1H3. The van der Waals surface area contributed by atoms with Gasteiger partial charge in [0.2, 0.25) is 0 Å². The monoisotopic (exact) mass is 337 g/mol. The lowest BCUT2D eigenvalue weighted by Gasteiger charge is -2.39. The van der Waals surface area contributed by atoms with Crippen LogP contribution in [0.1, 0.15) is 43.7 Å². The van der Waals surface area contributed by atoms with Crippen molar-refractivity contribution < 1.29 is 13.2 Å². The van der Waals surface area contributed by atoms with E-state index < -0.39 is 11.7 Å². The Morgan fingerprint density at radius 3 is 2.38 bits per heavy atom. The van der Waals surface area contributed by atoms with Crippen LogP contribution >= 0.6 is 0 Å². The van der Waals surface area contributed by atoms with Crippen LogP contribution in [0, 0.1) is 11.3 Å². The molecule has 0 radical (unpaired) electrons. The van der Waals surface area contributed by atoms with Crippen LogP contribution in [0.15, 0.2) is 18.2 Å². The van der Waals surface area contributed by atoms with E-state index in [9.17, 15) is 13.2 Å². The number of nitrogens with zero attached hydrogens (tertiary/aromatic N) is 3. The minimum Gasteiger partial charge on any atom is -0.371 e. The molecule has 1 atom stereocenters. The lowest BCUT2D eigenvalue weighted by Crippen LogP contribution is -2.46. The molecule has 0 bridgehead atoms. The van der Waals surface area contributed by atoms with E-state index >= 15 is 0 Å². The molecule has 0 spiro atoms. The second-order valence-electron chi connectivity index (χ2n) is 6.79. The summed E-state index contributed by atoms with van der Waals surface area (Å²) in [6, 6.07) is 6.83. The van der Waals surface area contributed by atoms with Crippen LogP contribution in [0.25, 0.3) is 0 Å². The van der Waals surface area contributed by atoms with Crippen LogP contribution < -0.4 is 4.90 Å². The minimum absolute atomic E-state index is 0.313. The molecule has 0 N–H and O–H groups in total. The quantitative estimate of drug-likeness (QED) is 0.816. The third-order valence-electron chi connectivity index (χ3n) is 5.33. The highest BCUT2D eigenvalue weighted by atomic mass is 19.4. The molecule has 1 unspecified atom stereocenters. The average Bonchev–Trinajstić information content (AvgIpc) is 2.99. The van der Waals surface area contributed by atoms with E-state index in [4.69, 9.17) is 5.26 Å². The van der Waals surface area contributed by atoms with Crippen molar-refractivity contribution in [1.29, 1.82) is 5.26 Å². The van der Waals surface area contributed by atoms with E-state index in [1.807, 2.05) is 4.90 Å². The van der Waals surface area contributed by atoms with Gasteiger partial charge in [0.1, 0.15) is 0 Å². The second kappa shape index (κ2) is 6.64. The normalized spacial score (nSPS) is 23.5. The van der Waals surface area contributed by atoms with Crippen LogP contribution in [0.2, 0.25) is 0 Å². The molecule has 2 aliphatic heterocycles. The summed E-state index contributed by atoms with van der Waals surface area (Å²) >= 11 is 0. The largest absolute Gasteiger partial charge is 0.417 e. The molecule has 0 saturated carbocycles. The molecule has 24 heavy (non-hydrogen) atoms. The molecule has 130 valence electrons. The third kappa shape index (κ3) is 3.36. The van der Waals surface area contributed by atoms with Gasteiger partial charge >= 0.3 is 6.18 Å². The average molecular weight is 337 g/mol. The van der Waals surface area contributed by atoms with Gasteiger partial charge in [-0.05, 0) is 57.4 Å². The highest BCUT2D eigenvalue weighted by Gasteiger charge is 2.35. The van der Waals surface area contributed by atoms with Crippen molar-refractivity contribution in [2.75, 3.05) is 24.5 Å². The fourth-order valence-corrected chi connectivity index (χ4v) is 4.01. The molecule has 2 aliphatic rings. The van der Waals surface area contributed by atoms with Crippen LogP contribution in [-0.4, -0.2) is 36.6 Å². The molecule has 6 heteroatoms. The number of hydrogen-bond donors (Lipinski definition) is 0. The number of anilines is 1. The number of nitriles is 1. The number of halogens is 3. The van der Waals surface area contributed by atoms with Crippen molar-refractivity contribution >= 4 is 5.69 Å². The van der Waals surface area contributed by atoms with Crippen molar-refractivity contribution in [1.82, 2.24) is 4.90 Å². The maximum Gasteiger partial charge on any atom is 0.417 e. The van der Waals surface area contributed by atoms with Crippen LogP contribution in [-0.2, 0) is 6.18 Å². The summed E-state index contributed by atoms with van der Waals surface area (Å²) in [4.78, 5) is 4.56. The highest BCUT2D eigenvalue weighted by molar-refractivity contribution is 5.55. The summed E-state index contributed by atoms with van der Waals surface area (Å²) in [6.07, 6.45) is -0.0571. The first-order chi connectivity index (χ1) is 11.4. The zero-order valence-corrected chi connectivity index (χ0v) is 13.8. The number of piperidine rings is 1. The summed E-state index contributed by atoms with van der Waals surface area (Å²) < 4.78 is 39.3. The first kappa shape index (κ1) is 17.1. The summed E-state index contributed by atoms with van der Waals surface area (Å²) in [5.41, 5.74) is -0.584. The minimum atomic E-state index is -4.50. The molecule has 1 aromatic carbocycles. The van der Waals surface area contributed by atoms with Gasteiger partial charge in [-0.15, -0.1) is 0 Å². The number of alkyl halides is 3. The number of hydrogen-bond acceptors (Lipinski definition) is 3. The van der Waals surface area contributed by atoms with E-state index in [2.05, 4.69) is 11.8 Å². The van der Waals surface area contributed by atoms with Gasteiger partial charge in [-0.3, -0.25) is 4.90 Å². The van der Waals surface area contributed by atoms with E-state index in [0.29, 0.717) is 17.8 Å². The van der Waals surface area contributed by atoms with Gasteiger partial charge in [0.25, 0.3) is 0 Å².